The van der Waals surface area contributed by atoms with E-state index in [0.29, 0.717) is 29.6 Å². The lowest BCUT2D eigenvalue weighted by atomic mass is 10.1. The van der Waals surface area contributed by atoms with Gasteiger partial charge in [0.25, 0.3) is 5.56 Å². The third kappa shape index (κ3) is 3.74. The first-order chi connectivity index (χ1) is 12.1. The van der Waals surface area contributed by atoms with Crippen molar-refractivity contribution < 1.29 is 9.18 Å². The van der Waals surface area contributed by atoms with Gasteiger partial charge in [0.2, 0.25) is 5.91 Å². The quantitative estimate of drug-likeness (QED) is 0.777. The fourth-order valence-corrected chi connectivity index (χ4v) is 2.66. The molecular weight excluding hydrogens is 321 g/mol. The number of carbonyl (C=O) groups excluding carboxylic acids is 1. The van der Waals surface area contributed by atoms with Crippen LogP contribution >= 0.6 is 0 Å². The first-order valence-electron chi connectivity index (χ1n) is 8.13. The molecule has 0 aliphatic carbocycles. The van der Waals surface area contributed by atoms with Crippen molar-refractivity contribution in [3.8, 4) is 0 Å². The fourth-order valence-electron chi connectivity index (χ4n) is 2.66. The molecule has 1 amide bonds. The number of aryl methyl sites for hydroxylation is 2. The van der Waals surface area contributed by atoms with Gasteiger partial charge in [0.1, 0.15) is 11.6 Å². The van der Waals surface area contributed by atoms with E-state index in [-0.39, 0.29) is 23.7 Å². The van der Waals surface area contributed by atoms with Crippen LogP contribution in [0.25, 0.3) is 10.9 Å². The molecule has 3 aromatic rings. The molecule has 0 saturated heterocycles. The molecule has 6 heteroatoms. The highest BCUT2D eigenvalue weighted by Gasteiger charge is 2.12. The van der Waals surface area contributed by atoms with E-state index >= 15 is 0 Å². The molecule has 0 aliphatic heterocycles. The van der Waals surface area contributed by atoms with Crippen LogP contribution < -0.4 is 11.0 Å². The summed E-state index contributed by atoms with van der Waals surface area (Å²) in [5.74, 6) is -0.165. The molecule has 128 valence electrons. The molecule has 5 nitrogen and oxygen atoms in total. The molecule has 0 atom stereocenters. The first-order valence-corrected chi connectivity index (χ1v) is 8.13. The average molecular weight is 339 g/mol. The Bertz CT molecular complexity index is 982. The molecule has 0 fully saturated rings. The van der Waals surface area contributed by atoms with Crippen LogP contribution in [0.5, 0.6) is 0 Å². The van der Waals surface area contributed by atoms with Gasteiger partial charge >= 0.3 is 0 Å². The smallest absolute Gasteiger partial charge is 0.273 e. The van der Waals surface area contributed by atoms with E-state index in [9.17, 15) is 14.0 Å². The predicted molar refractivity (Wildman–Crippen MR) is 94.5 cm³/mol. The van der Waals surface area contributed by atoms with E-state index in [1.165, 1.54) is 16.8 Å². The number of halogens is 1. The third-order valence-corrected chi connectivity index (χ3v) is 3.93. The summed E-state index contributed by atoms with van der Waals surface area (Å²) in [6, 6.07) is 13.1. The number of aromatic nitrogens is 2. The molecular formula is C19H18FN3O2. The van der Waals surface area contributed by atoms with E-state index in [1.807, 2.05) is 13.0 Å². The van der Waals surface area contributed by atoms with Crippen molar-refractivity contribution in [3.63, 3.8) is 0 Å². The normalized spacial score (nSPS) is 10.8. The molecule has 1 heterocycles. The van der Waals surface area contributed by atoms with Crippen molar-refractivity contribution >= 4 is 16.8 Å². The molecule has 1 aromatic heterocycles. The number of para-hydroxylation sites is 1. The molecule has 3 rings (SSSR count). The molecule has 0 spiro atoms. The van der Waals surface area contributed by atoms with E-state index in [2.05, 4.69) is 10.4 Å². The second-order valence-corrected chi connectivity index (χ2v) is 5.70. The molecule has 2 aromatic carbocycles. The number of benzene rings is 2. The first kappa shape index (κ1) is 16.8. The number of nitrogens with one attached hydrogen (secondary N) is 1. The molecule has 25 heavy (non-hydrogen) atoms. The maximum atomic E-state index is 13.2. The van der Waals surface area contributed by atoms with Gasteiger partial charge in [-0.1, -0.05) is 31.2 Å². The zero-order valence-corrected chi connectivity index (χ0v) is 13.8. The van der Waals surface area contributed by atoms with Gasteiger partial charge in [0.15, 0.2) is 0 Å². The minimum absolute atomic E-state index is 0.145. The van der Waals surface area contributed by atoms with E-state index in [0.717, 1.165) is 5.56 Å². The third-order valence-electron chi connectivity index (χ3n) is 3.93. The van der Waals surface area contributed by atoms with Crippen molar-refractivity contribution in [2.45, 2.75) is 26.2 Å². The minimum atomic E-state index is -0.332. The maximum absolute atomic E-state index is 13.2. The van der Waals surface area contributed by atoms with Crippen molar-refractivity contribution in [2.24, 2.45) is 0 Å². The monoisotopic (exact) mass is 339 g/mol. The highest BCUT2D eigenvalue weighted by Crippen LogP contribution is 2.09. The lowest BCUT2D eigenvalue weighted by Crippen LogP contribution is -2.36. The highest BCUT2D eigenvalue weighted by molar-refractivity contribution is 5.84. The summed E-state index contributed by atoms with van der Waals surface area (Å²) < 4.78 is 14.4. The van der Waals surface area contributed by atoms with Crippen molar-refractivity contribution in [3.05, 3.63) is 76.1 Å². The Morgan fingerprint density at radius 1 is 1.20 bits per heavy atom. The molecule has 0 saturated carbocycles. The molecule has 0 radical (unpaired) electrons. The van der Waals surface area contributed by atoms with Crippen LogP contribution in [0.1, 0.15) is 24.7 Å². The second kappa shape index (κ2) is 7.25. The number of rotatable bonds is 5. The van der Waals surface area contributed by atoms with Crippen molar-refractivity contribution in [1.82, 2.24) is 9.66 Å². The largest absolute Gasteiger partial charge is 0.280 e. The Kier molecular flexibility index (Phi) is 4.88. The lowest BCUT2D eigenvalue weighted by Gasteiger charge is -2.13. The maximum Gasteiger partial charge on any atom is 0.280 e. The summed E-state index contributed by atoms with van der Waals surface area (Å²) >= 11 is 0. The molecule has 0 aliphatic rings. The standard InChI is InChI=1S/C19H18FN3O2/c1-2-17-21-16-9-4-3-8-15(16)19(25)23(17)22-18(24)11-10-13-6-5-7-14(20)12-13/h3-9,12H,2,10-11H2,1H3,(H,22,24). The summed E-state index contributed by atoms with van der Waals surface area (Å²) in [5.41, 5.74) is 3.65. The Balaban J connectivity index is 1.81. The summed E-state index contributed by atoms with van der Waals surface area (Å²) in [6.45, 7) is 1.87. The van der Waals surface area contributed by atoms with E-state index in [1.54, 1.807) is 30.3 Å². The van der Waals surface area contributed by atoms with Gasteiger partial charge in [-0.15, -0.1) is 0 Å². The number of nitrogens with zero attached hydrogens (tertiary/aromatic N) is 2. The van der Waals surface area contributed by atoms with E-state index < -0.39 is 0 Å². The van der Waals surface area contributed by atoms with Crippen LogP contribution in [0.2, 0.25) is 0 Å². The summed E-state index contributed by atoms with van der Waals surface area (Å²) in [5, 5.41) is 0.449. The minimum Gasteiger partial charge on any atom is -0.273 e. The average Bonchev–Trinajstić information content (AvgIpc) is 2.62. The van der Waals surface area contributed by atoms with E-state index in [4.69, 9.17) is 0 Å². The Morgan fingerprint density at radius 3 is 2.76 bits per heavy atom. The number of fused-ring (bicyclic) bond motifs is 1. The second-order valence-electron chi connectivity index (χ2n) is 5.70. The van der Waals surface area contributed by atoms with Gasteiger partial charge in [0, 0.05) is 12.8 Å². The number of hydrogen-bond donors (Lipinski definition) is 1. The SMILES string of the molecule is CCc1nc2ccccc2c(=O)n1NC(=O)CCc1cccc(F)c1. The van der Waals surface area contributed by atoms with Crippen LogP contribution in [0.15, 0.2) is 53.3 Å². The van der Waals surface area contributed by atoms with Crippen LogP contribution in [-0.2, 0) is 17.6 Å². The van der Waals surface area contributed by atoms with Gasteiger partial charge < -0.3 is 0 Å². The van der Waals surface area contributed by atoms with Gasteiger partial charge in [0.05, 0.1) is 10.9 Å². The summed E-state index contributed by atoms with van der Waals surface area (Å²) in [7, 11) is 0. The number of hydrogen-bond acceptors (Lipinski definition) is 3. The van der Waals surface area contributed by atoms with Crippen LogP contribution in [-0.4, -0.2) is 15.6 Å². The molecule has 0 bridgehead atoms. The van der Waals surface area contributed by atoms with Crippen LogP contribution in [0.4, 0.5) is 4.39 Å². The Hall–Kier alpha value is -3.02. The predicted octanol–water partition coefficient (Wildman–Crippen LogP) is 2.80. The van der Waals surface area contributed by atoms with Crippen LogP contribution in [0.3, 0.4) is 0 Å². The van der Waals surface area contributed by atoms with Crippen LogP contribution in [0, 0.1) is 5.82 Å². The molecule has 0 unspecified atom stereocenters. The zero-order valence-electron chi connectivity index (χ0n) is 13.8. The number of carbonyl (C=O) groups is 1. The Morgan fingerprint density at radius 2 is 2.00 bits per heavy atom. The van der Waals surface area contributed by atoms with Crippen molar-refractivity contribution in [1.29, 1.82) is 0 Å². The summed E-state index contributed by atoms with van der Waals surface area (Å²) in [6.07, 6.45) is 1.04. The van der Waals surface area contributed by atoms with Gasteiger partial charge in [-0.2, -0.15) is 0 Å². The molecule has 1 N–H and O–H groups in total. The van der Waals surface area contributed by atoms with Gasteiger partial charge in [-0.05, 0) is 36.2 Å². The van der Waals surface area contributed by atoms with Gasteiger partial charge in [-0.3, -0.25) is 15.0 Å². The summed E-state index contributed by atoms with van der Waals surface area (Å²) in [4.78, 5) is 29.3. The highest BCUT2D eigenvalue weighted by atomic mass is 19.1. The number of amides is 1. The van der Waals surface area contributed by atoms with Gasteiger partial charge in [-0.25, -0.2) is 14.1 Å². The lowest BCUT2D eigenvalue weighted by molar-refractivity contribution is -0.117. The fraction of sp³-hybridized carbons (Fsp3) is 0.211. The van der Waals surface area contributed by atoms with Crippen molar-refractivity contribution in [2.75, 3.05) is 5.43 Å². The topological polar surface area (TPSA) is 64.0 Å². The zero-order chi connectivity index (χ0) is 17.8. The Labute approximate surface area is 144 Å².